The van der Waals surface area contributed by atoms with E-state index in [9.17, 15) is 9.59 Å². The van der Waals surface area contributed by atoms with Gasteiger partial charge in [0.05, 0.1) is 4.91 Å². The molecule has 178 valence electrons. The SMILES string of the molecule is CN1C(=O)/C(=C\c2cccc(Cl)c2)SC2CCC(C(=O)N3CCN(c4ncccn4)CC3)CC21. The minimum absolute atomic E-state index is 0.0239. The number of hydrogen-bond acceptors (Lipinski definition) is 6. The quantitative estimate of drug-likeness (QED) is 0.604. The highest BCUT2D eigenvalue weighted by molar-refractivity contribution is 8.04. The van der Waals surface area contributed by atoms with E-state index in [2.05, 4.69) is 14.9 Å². The number of rotatable bonds is 3. The zero-order chi connectivity index (χ0) is 23.7. The molecule has 7 nitrogen and oxygen atoms in total. The van der Waals surface area contributed by atoms with Gasteiger partial charge in [0, 0.05) is 67.9 Å². The number of aromatic nitrogens is 2. The van der Waals surface area contributed by atoms with E-state index in [0.29, 0.717) is 23.4 Å². The summed E-state index contributed by atoms with van der Waals surface area (Å²) in [5, 5.41) is 0.967. The molecule has 2 aromatic rings. The fourth-order valence-corrected chi connectivity index (χ4v) is 6.79. The molecule has 1 aromatic carbocycles. The second-order valence-electron chi connectivity index (χ2n) is 9.07. The molecule has 3 heterocycles. The van der Waals surface area contributed by atoms with Crippen molar-refractivity contribution < 1.29 is 9.59 Å². The molecule has 0 spiro atoms. The molecule has 1 aliphatic carbocycles. The lowest BCUT2D eigenvalue weighted by atomic mass is 9.83. The van der Waals surface area contributed by atoms with E-state index < -0.39 is 0 Å². The van der Waals surface area contributed by atoms with Gasteiger partial charge in [-0.05, 0) is 49.1 Å². The summed E-state index contributed by atoms with van der Waals surface area (Å²) in [6.07, 6.45) is 7.93. The van der Waals surface area contributed by atoms with Crippen LogP contribution in [0.15, 0.2) is 47.6 Å². The van der Waals surface area contributed by atoms with Crippen LogP contribution in [0, 0.1) is 5.92 Å². The number of nitrogens with zero attached hydrogens (tertiary/aromatic N) is 5. The molecule has 0 bridgehead atoms. The van der Waals surface area contributed by atoms with Crippen molar-refractivity contribution in [2.75, 3.05) is 38.1 Å². The topological polar surface area (TPSA) is 69.6 Å². The predicted molar refractivity (Wildman–Crippen MR) is 136 cm³/mol. The maximum absolute atomic E-state index is 13.3. The molecule has 3 atom stereocenters. The highest BCUT2D eigenvalue weighted by atomic mass is 35.5. The van der Waals surface area contributed by atoms with Crippen molar-refractivity contribution in [3.63, 3.8) is 0 Å². The lowest BCUT2D eigenvalue weighted by Gasteiger charge is -2.45. The van der Waals surface area contributed by atoms with Crippen LogP contribution in [0.3, 0.4) is 0 Å². The molecule has 1 saturated carbocycles. The number of halogens is 1. The Hall–Kier alpha value is -2.58. The van der Waals surface area contributed by atoms with E-state index in [4.69, 9.17) is 11.6 Å². The minimum atomic E-state index is -0.0323. The number of fused-ring (bicyclic) bond motifs is 1. The van der Waals surface area contributed by atoms with Crippen molar-refractivity contribution in [2.45, 2.75) is 30.6 Å². The summed E-state index contributed by atoms with van der Waals surface area (Å²) in [4.78, 5) is 41.8. The summed E-state index contributed by atoms with van der Waals surface area (Å²) in [5.74, 6) is 0.931. The molecule has 9 heteroatoms. The van der Waals surface area contributed by atoms with Crippen LogP contribution in [-0.4, -0.2) is 76.1 Å². The van der Waals surface area contributed by atoms with Crippen LogP contribution in [-0.2, 0) is 9.59 Å². The van der Waals surface area contributed by atoms with E-state index in [1.54, 1.807) is 30.2 Å². The monoisotopic (exact) mass is 497 g/mol. The van der Waals surface area contributed by atoms with Crippen molar-refractivity contribution >= 4 is 47.2 Å². The number of piperazine rings is 1. The lowest BCUT2D eigenvalue weighted by Crippen LogP contribution is -2.55. The highest BCUT2D eigenvalue weighted by Crippen LogP contribution is 2.43. The Morgan fingerprint density at radius 2 is 1.88 bits per heavy atom. The molecule has 2 saturated heterocycles. The molecular weight excluding hydrogens is 470 g/mol. The Labute approximate surface area is 209 Å². The molecule has 34 heavy (non-hydrogen) atoms. The first-order valence-corrected chi connectivity index (χ1v) is 13.0. The minimum Gasteiger partial charge on any atom is -0.339 e. The number of hydrogen-bond donors (Lipinski definition) is 0. The van der Waals surface area contributed by atoms with Gasteiger partial charge >= 0.3 is 0 Å². The Balaban J connectivity index is 1.21. The van der Waals surface area contributed by atoms with Gasteiger partial charge in [-0.1, -0.05) is 23.7 Å². The first kappa shape index (κ1) is 23.2. The van der Waals surface area contributed by atoms with Crippen LogP contribution in [0.4, 0.5) is 5.95 Å². The maximum atomic E-state index is 13.3. The van der Waals surface area contributed by atoms with E-state index in [0.717, 1.165) is 48.8 Å². The first-order chi connectivity index (χ1) is 16.5. The van der Waals surface area contributed by atoms with Gasteiger partial charge in [-0.25, -0.2) is 9.97 Å². The standard InChI is InChI=1S/C25H28ClN5O2S/c1-29-20-16-18(23(32)30-10-12-31(13-11-30)25-27-8-3-9-28-25)6-7-21(20)34-22(24(29)33)15-17-4-2-5-19(26)14-17/h2-5,8-9,14-15,18,20-21H,6-7,10-13,16H2,1H3/b22-15+. The van der Waals surface area contributed by atoms with Gasteiger partial charge in [-0.2, -0.15) is 0 Å². The van der Waals surface area contributed by atoms with Crippen LogP contribution >= 0.6 is 23.4 Å². The molecular formula is C25H28ClN5O2S. The summed E-state index contributed by atoms with van der Waals surface area (Å²) in [7, 11) is 1.87. The van der Waals surface area contributed by atoms with Gasteiger partial charge in [0.15, 0.2) is 0 Å². The second kappa shape index (κ2) is 9.96. The van der Waals surface area contributed by atoms with Crippen molar-refractivity contribution in [3.8, 4) is 0 Å². The van der Waals surface area contributed by atoms with Crippen LogP contribution in [0.25, 0.3) is 6.08 Å². The van der Waals surface area contributed by atoms with Gasteiger partial charge in [-0.15, -0.1) is 11.8 Å². The van der Waals surface area contributed by atoms with Crippen molar-refractivity contribution in [2.24, 2.45) is 5.92 Å². The largest absolute Gasteiger partial charge is 0.339 e. The zero-order valence-corrected chi connectivity index (χ0v) is 20.7. The number of carbonyl (C=O) groups is 2. The van der Waals surface area contributed by atoms with E-state index in [-0.39, 0.29) is 23.8 Å². The summed E-state index contributed by atoms with van der Waals surface area (Å²) >= 11 is 7.77. The normalized spacial score (nSPS) is 26.5. The first-order valence-electron chi connectivity index (χ1n) is 11.7. The average molecular weight is 498 g/mol. The Kier molecular flexibility index (Phi) is 6.79. The van der Waals surface area contributed by atoms with Gasteiger partial charge in [-0.3, -0.25) is 9.59 Å². The second-order valence-corrected chi connectivity index (χ2v) is 10.8. The smallest absolute Gasteiger partial charge is 0.260 e. The van der Waals surface area contributed by atoms with Crippen molar-refractivity contribution in [3.05, 3.63) is 58.2 Å². The van der Waals surface area contributed by atoms with E-state index >= 15 is 0 Å². The molecule has 5 rings (SSSR count). The zero-order valence-electron chi connectivity index (χ0n) is 19.1. The molecule has 3 unspecified atom stereocenters. The fourth-order valence-electron chi connectivity index (χ4n) is 5.11. The van der Waals surface area contributed by atoms with Gasteiger partial charge in [0.1, 0.15) is 0 Å². The lowest BCUT2D eigenvalue weighted by molar-refractivity contribution is -0.139. The highest BCUT2D eigenvalue weighted by Gasteiger charge is 2.43. The van der Waals surface area contributed by atoms with Crippen LogP contribution < -0.4 is 4.90 Å². The number of likely N-dealkylation sites (N-methyl/N-ethyl adjacent to an activating group) is 1. The fraction of sp³-hybridized carbons (Fsp3) is 0.440. The predicted octanol–water partition coefficient (Wildman–Crippen LogP) is 3.56. The number of amides is 2. The van der Waals surface area contributed by atoms with Gasteiger partial charge in [0.2, 0.25) is 11.9 Å². The molecule has 2 amide bonds. The summed E-state index contributed by atoms with van der Waals surface area (Å²) in [6.45, 7) is 2.83. The van der Waals surface area contributed by atoms with Gasteiger partial charge in [0.25, 0.3) is 5.91 Å². The molecule has 3 aliphatic rings. The van der Waals surface area contributed by atoms with Gasteiger partial charge < -0.3 is 14.7 Å². The number of anilines is 1. The van der Waals surface area contributed by atoms with E-state index in [1.165, 1.54) is 0 Å². The molecule has 0 radical (unpaired) electrons. The Bertz CT molecular complexity index is 1090. The third-order valence-corrected chi connectivity index (χ3v) is 8.62. The Morgan fingerprint density at radius 3 is 2.62 bits per heavy atom. The van der Waals surface area contributed by atoms with Crippen LogP contribution in [0.5, 0.6) is 0 Å². The summed E-state index contributed by atoms with van der Waals surface area (Å²) in [5.41, 5.74) is 0.930. The molecule has 1 aromatic heterocycles. The summed E-state index contributed by atoms with van der Waals surface area (Å²) < 4.78 is 0. The van der Waals surface area contributed by atoms with Crippen molar-refractivity contribution in [1.82, 2.24) is 19.8 Å². The number of carbonyl (C=O) groups excluding carboxylic acids is 2. The Morgan fingerprint density at radius 1 is 1.12 bits per heavy atom. The molecule has 0 N–H and O–H groups in total. The van der Waals surface area contributed by atoms with Crippen molar-refractivity contribution in [1.29, 1.82) is 0 Å². The molecule has 3 fully saturated rings. The average Bonchev–Trinajstić information content (AvgIpc) is 2.87. The summed E-state index contributed by atoms with van der Waals surface area (Å²) in [6, 6.07) is 9.43. The number of thioether (sulfide) groups is 1. The molecule has 2 aliphatic heterocycles. The van der Waals surface area contributed by atoms with E-state index in [1.807, 2.05) is 47.2 Å². The van der Waals surface area contributed by atoms with Crippen LogP contribution in [0.2, 0.25) is 5.02 Å². The number of benzene rings is 1. The third-order valence-electron chi connectivity index (χ3n) is 6.98. The maximum Gasteiger partial charge on any atom is 0.260 e. The third kappa shape index (κ3) is 4.79. The van der Waals surface area contributed by atoms with Crippen LogP contribution in [0.1, 0.15) is 24.8 Å².